The van der Waals surface area contributed by atoms with Crippen molar-refractivity contribution in [3.8, 4) is 6.07 Å². The number of benzene rings is 1. The minimum absolute atomic E-state index is 0. The van der Waals surface area contributed by atoms with Gasteiger partial charge < -0.3 is 15.8 Å². The summed E-state index contributed by atoms with van der Waals surface area (Å²) in [4.78, 5) is 12.5. The quantitative estimate of drug-likeness (QED) is 0.635. The number of carbonyl (C=O) groups is 1. The van der Waals surface area contributed by atoms with Crippen LogP contribution in [0.25, 0.3) is 5.65 Å². The summed E-state index contributed by atoms with van der Waals surface area (Å²) in [6.07, 6.45) is 1.75. The summed E-state index contributed by atoms with van der Waals surface area (Å²) in [5.74, 6) is 0.131. The van der Waals surface area contributed by atoms with Gasteiger partial charge in [-0.25, -0.2) is 0 Å². The Morgan fingerprint density at radius 3 is 2.66 bits per heavy atom. The first-order valence-electron chi connectivity index (χ1n) is 8.85. The van der Waals surface area contributed by atoms with Crippen molar-refractivity contribution in [2.45, 2.75) is 39.5 Å². The highest BCUT2D eigenvalue weighted by Crippen LogP contribution is 2.17. The minimum atomic E-state index is -1.06. The number of fused-ring (bicyclic) bond motifs is 1. The molecular weight excluding hydrogens is 368 g/mol. The van der Waals surface area contributed by atoms with Crippen molar-refractivity contribution in [3.63, 3.8) is 0 Å². The lowest BCUT2D eigenvalue weighted by Gasteiger charge is -2.23. The summed E-state index contributed by atoms with van der Waals surface area (Å²) in [6.45, 7) is 3.81. The van der Waals surface area contributed by atoms with E-state index in [0.29, 0.717) is 23.6 Å². The lowest BCUT2D eigenvalue weighted by molar-refractivity contribution is -0.126. The van der Waals surface area contributed by atoms with E-state index in [1.165, 1.54) is 0 Å². The molecule has 1 aromatic carbocycles. The molecular formula is C21H26N6O2. The second kappa shape index (κ2) is 9.28. The maximum Gasteiger partial charge on any atom is 0.240 e. The maximum atomic E-state index is 12.5. The Hall–Kier alpha value is -3.28. The number of amides is 1. The summed E-state index contributed by atoms with van der Waals surface area (Å²) in [5.41, 5.74) is 6.70. The van der Waals surface area contributed by atoms with Crippen molar-refractivity contribution in [2.24, 2.45) is 5.73 Å². The van der Waals surface area contributed by atoms with E-state index in [-0.39, 0.29) is 19.9 Å². The predicted molar refractivity (Wildman–Crippen MR) is 110 cm³/mol. The van der Waals surface area contributed by atoms with Crippen LogP contribution in [0.3, 0.4) is 0 Å². The zero-order valence-corrected chi connectivity index (χ0v) is 15.8. The number of nitrogens with zero attached hydrogens (tertiary/aromatic N) is 4. The molecule has 2 heterocycles. The van der Waals surface area contributed by atoms with E-state index < -0.39 is 11.6 Å². The standard InChI is InChI=1S/C20H22N6O2.CH4/c1-20(2,22)19(27)23-16(13-28-12-14-7-4-3-5-8-14)18-25-24-17-15(11-21)9-6-10-26(17)18;/h3-10,16H,12-13,22H2,1-2H3,(H,23,27);1H4/t16-;/m1./s1. The van der Waals surface area contributed by atoms with Gasteiger partial charge in [0.2, 0.25) is 5.91 Å². The van der Waals surface area contributed by atoms with Crippen molar-refractivity contribution in [1.29, 1.82) is 5.26 Å². The largest absolute Gasteiger partial charge is 0.374 e. The van der Waals surface area contributed by atoms with E-state index in [2.05, 4.69) is 21.6 Å². The van der Waals surface area contributed by atoms with Crippen LogP contribution in [0.1, 0.15) is 44.3 Å². The van der Waals surface area contributed by atoms with Crippen LogP contribution < -0.4 is 11.1 Å². The molecule has 1 atom stereocenters. The van der Waals surface area contributed by atoms with Gasteiger partial charge in [-0.15, -0.1) is 10.2 Å². The van der Waals surface area contributed by atoms with Crippen LogP contribution >= 0.6 is 0 Å². The van der Waals surface area contributed by atoms with Gasteiger partial charge >= 0.3 is 0 Å². The average molecular weight is 394 g/mol. The summed E-state index contributed by atoms with van der Waals surface area (Å²) < 4.78 is 7.50. The molecule has 3 N–H and O–H groups in total. The molecule has 0 aliphatic rings. The lowest BCUT2D eigenvalue weighted by Crippen LogP contribution is -2.50. The molecule has 0 saturated heterocycles. The number of rotatable bonds is 7. The molecule has 3 aromatic rings. The van der Waals surface area contributed by atoms with Gasteiger partial charge in [0.15, 0.2) is 11.5 Å². The number of nitriles is 1. The third-order valence-corrected chi connectivity index (χ3v) is 4.18. The van der Waals surface area contributed by atoms with Gasteiger partial charge in [-0.05, 0) is 31.5 Å². The summed E-state index contributed by atoms with van der Waals surface area (Å²) >= 11 is 0. The molecule has 0 spiro atoms. The number of hydrogen-bond donors (Lipinski definition) is 2. The summed E-state index contributed by atoms with van der Waals surface area (Å²) in [6, 6.07) is 14.6. The average Bonchev–Trinajstić information content (AvgIpc) is 3.11. The van der Waals surface area contributed by atoms with Crippen molar-refractivity contribution < 1.29 is 9.53 Å². The van der Waals surface area contributed by atoms with Gasteiger partial charge in [-0.1, -0.05) is 37.8 Å². The van der Waals surface area contributed by atoms with Crippen molar-refractivity contribution in [1.82, 2.24) is 19.9 Å². The molecule has 1 amide bonds. The third kappa shape index (κ3) is 5.16. The number of nitrogens with one attached hydrogen (secondary N) is 1. The van der Waals surface area contributed by atoms with Gasteiger partial charge in [0.25, 0.3) is 0 Å². The van der Waals surface area contributed by atoms with Gasteiger partial charge in [-0.3, -0.25) is 9.20 Å². The number of pyridine rings is 1. The fraction of sp³-hybridized carbons (Fsp3) is 0.333. The molecule has 8 heteroatoms. The molecule has 29 heavy (non-hydrogen) atoms. The monoisotopic (exact) mass is 394 g/mol. The topological polar surface area (TPSA) is 118 Å². The van der Waals surface area contributed by atoms with E-state index in [0.717, 1.165) is 5.56 Å². The highest BCUT2D eigenvalue weighted by molar-refractivity contribution is 5.85. The van der Waals surface area contributed by atoms with Crippen LogP contribution in [0, 0.1) is 11.3 Å². The smallest absolute Gasteiger partial charge is 0.240 e. The first kappa shape index (κ1) is 22.0. The Bertz CT molecular complexity index is 1000. The number of aromatic nitrogens is 3. The van der Waals surface area contributed by atoms with E-state index in [4.69, 9.17) is 10.5 Å². The Labute approximate surface area is 170 Å². The van der Waals surface area contributed by atoms with E-state index in [1.54, 1.807) is 36.6 Å². The third-order valence-electron chi connectivity index (χ3n) is 4.18. The molecule has 8 nitrogen and oxygen atoms in total. The number of hydrogen-bond acceptors (Lipinski definition) is 6. The molecule has 152 valence electrons. The van der Waals surface area contributed by atoms with Crippen LogP contribution in [0.15, 0.2) is 48.7 Å². The highest BCUT2D eigenvalue weighted by atomic mass is 16.5. The van der Waals surface area contributed by atoms with E-state index >= 15 is 0 Å². The number of nitrogens with two attached hydrogens (primary N) is 1. The Morgan fingerprint density at radius 1 is 1.28 bits per heavy atom. The Balaban J connectivity index is 0.00000300. The minimum Gasteiger partial charge on any atom is -0.374 e. The Kier molecular flexibility index (Phi) is 7.04. The molecule has 3 rings (SSSR count). The molecule has 0 aliphatic heterocycles. The van der Waals surface area contributed by atoms with Gasteiger partial charge in [0, 0.05) is 6.20 Å². The highest BCUT2D eigenvalue weighted by Gasteiger charge is 2.28. The normalized spacial score (nSPS) is 12.1. The van der Waals surface area contributed by atoms with Crippen LogP contribution in [0.4, 0.5) is 0 Å². The predicted octanol–water partition coefficient (Wildman–Crippen LogP) is 2.35. The van der Waals surface area contributed by atoms with Crippen LogP contribution in [0.5, 0.6) is 0 Å². The molecule has 2 aromatic heterocycles. The zero-order chi connectivity index (χ0) is 20.1. The molecule has 0 bridgehead atoms. The fourth-order valence-corrected chi connectivity index (χ4v) is 2.65. The van der Waals surface area contributed by atoms with Crippen LogP contribution in [0.2, 0.25) is 0 Å². The summed E-state index contributed by atoms with van der Waals surface area (Å²) in [5, 5.41) is 20.4. The fourth-order valence-electron chi connectivity index (χ4n) is 2.65. The van der Waals surface area contributed by atoms with Crippen LogP contribution in [-0.2, 0) is 16.1 Å². The van der Waals surface area contributed by atoms with Crippen molar-refractivity contribution >= 4 is 11.6 Å². The number of carbonyl (C=O) groups excluding carboxylic acids is 1. The van der Waals surface area contributed by atoms with E-state index in [1.807, 2.05) is 30.3 Å². The first-order valence-corrected chi connectivity index (χ1v) is 8.85. The van der Waals surface area contributed by atoms with Crippen molar-refractivity contribution in [2.75, 3.05) is 6.61 Å². The van der Waals surface area contributed by atoms with Gasteiger partial charge in [0.1, 0.15) is 12.1 Å². The number of ether oxygens (including phenoxy) is 1. The van der Waals surface area contributed by atoms with Crippen molar-refractivity contribution in [3.05, 3.63) is 65.6 Å². The summed E-state index contributed by atoms with van der Waals surface area (Å²) in [7, 11) is 0. The second-order valence-corrected chi connectivity index (χ2v) is 7.03. The lowest BCUT2D eigenvalue weighted by atomic mass is 10.1. The maximum absolute atomic E-state index is 12.5. The zero-order valence-electron chi connectivity index (χ0n) is 15.8. The van der Waals surface area contributed by atoms with Gasteiger partial charge in [-0.2, -0.15) is 5.26 Å². The Morgan fingerprint density at radius 2 is 2.00 bits per heavy atom. The molecule has 0 saturated carbocycles. The molecule has 0 fully saturated rings. The second-order valence-electron chi connectivity index (χ2n) is 7.03. The van der Waals surface area contributed by atoms with E-state index in [9.17, 15) is 10.1 Å². The molecule has 0 unspecified atom stereocenters. The van der Waals surface area contributed by atoms with Crippen LogP contribution in [-0.4, -0.2) is 32.7 Å². The first-order chi connectivity index (χ1) is 13.4. The molecule has 0 radical (unpaired) electrons. The SMILES string of the molecule is C.CC(C)(N)C(=O)N[C@H](COCc1ccccc1)c1nnc2c(C#N)cccn12. The van der Waals surface area contributed by atoms with Gasteiger partial charge in [0.05, 0.1) is 24.3 Å². The molecule has 0 aliphatic carbocycles.